The first kappa shape index (κ1) is 28.3. The van der Waals surface area contributed by atoms with Crippen molar-refractivity contribution >= 4 is 38.6 Å². The Labute approximate surface area is 272 Å². The van der Waals surface area contributed by atoms with Gasteiger partial charge in [0.05, 0.1) is 11.4 Å². The molecule has 0 saturated heterocycles. The van der Waals surface area contributed by atoms with E-state index in [0.29, 0.717) is 0 Å². The quantitative estimate of drug-likeness (QED) is 0.196. The Bertz CT molecular complexity index is 2280. The topological polar surface area (TPSA) is 3.24 Å². The van der Waals surface area contributed by atoms with E-state index in [-0.39, 0.29) is 10.8 Å². The highest BCUT2D eigenvalue weighted by atomic mass is 15.1. The third kappa shape index (κ3) is 4.45. The van der Waals surface area contributed by atoms with Crippen molar-refractivity contribution in [2.75, 3.05) is 4.90 Å². The maximum atomic E-state index is 2.52. The first-order chi connectivity index (χ1) is 22.2. The van der Waals surface area contributed by atoms with Crippen LogP contribution in [0.5, 0.6) is 0 Å². The fourth-order valence-corrected chi connectivity index (χ4v) is 7.64. The van der Waals surface area contributed by atoms with E-state index in [1.165, 1.54) is 77.6 Å². The molecule has 224 valence electrons. The van der Waals surface area contributed by atoms with Crippen molar-refractivity contribution in [2.24, 2.45) is 0 Å². The van der Waals surface area contributed by atoms with Crippen molar-refractivity contribution in [3.8, 4) is 22.3 Å². The van der Waals surface area contributed by atoms with Gasteiger partial charge in [-0.2, -0.15) is 0 Å². The summed E-state index contributed by atoms with van der Waals surface area (Å²) in [6.07, 6.45) is 0. The summed E-state index contributed by atoms with van der Waals surface area (Å²) in [4.78, 5) is 2.52. The van der Waals surface area contributed by atoms with Crippen LogP contribution in [-0.2, 0) is 10.8 Å². The SMILES string of the molecule is CC(C)(C)c1ccccc1-c1cc2ccccc2cc1N(c1ccc2c(c1)C(C)(C)c1ccccc1-2)c1cccc2ccccc12. The zero-order valence-corrected chi connectivity index (χ0v) is 27.3. The van der Waals surface area contributed by atoms with Crippen molar-refractivity contribution in [3.63, 3.8) is 0 Å². The van der Waals surface area contributed by atoms with E-state index >= 15 is 0 Å². The molecule has 7 aromatic rings. The minimum atomic E-state index is -0.0998. The lowest BCUT2D eigenvalue weighted by Gasteiger charge is -2.32. The maximum absolute atomic E-state index is 2.52. The smallest absolute Gasteiger partial charge is 0.0546 e. The first-order valence-corrected chi connectivity index (χ1v) is 16.4. The van der Waals surface area contributed by atoms with E-state index in [1.807, 2.05) is 0 Å². The third-order valence-corrected chi connectivity index (χ3v) is 9.96. The van der Waals surface area contributed by atoms with Crippen LogP contribution in [0.4, 0.5) is 17.1 Å². The minimum Gasteiger partial charge on any atom is -0.309 e. The van der Waals surface area contributed by atoms with Crippen molar-refractivity contribution in [1.29, 1.82) is 0 Å². The molecule has 0 saturated carbocycles. The first-order valence-electron chi connectivity index (χ1n) is 16.4. The molecule has 0 spiro atoms. The molecule has 0 unspecified atom stereocenters. The summed E-state index contributed by atoms with van der Waals surface area (Å²) in [7, 11) is 0. The highest BCUT2D eigenvalue weighted by Gasteiger charge is 2.36. The standard InChI is InChI=1S/C45H39N/c1-44(2,3)39-22-12-10-21-36(39)38-27-31-16-6-7-17-32(31)28-43(38)46(42-24-14-18-30-15-8-9-19-34(30)42)33-25-26-37-35-20-11-13-23-40(35)45(4,5)41(37)29-33/h6-29H,1-5H3. The largest absolute Gasteiger partial charge is 0.309 e. The van der Waals surface area contributed by atoms with Crippen LogP contribution in [0.25, 0.3) is 43.8 Å². The molecule has 0 heterocycles. The van der Waals surface area contributed by atoms with E-state index in [2.05, 4.69) is 185 Å². The van der Waals surface area contributed by atoms with Crippen LogP contribution in [0.2, 0.25) is 0 Å². The summed E-state index contributed by atoms with van der Waals surface area (Å²) in [6.45, 7) is 11.7. The number of hydrogen-bond donors (Lipinski definition) is 0. The summed E-state index contributed by atoms with van der Waals surface area (Å²) in [6, 6.07) is 54.0. The lowest BCUT2D eigenvalue weighted by molar-refractivity contribution is 0.592. The number of rotatable bonds is 4. The molecule has 46 heavy (non-hydrogen) atoms. The van der Waals surface area contributed by atoms with E-state index in [0.717, 1.165) is 0 Å². The highest BCUT2D eigenvalue weighted by Crippen LogP contribution is 2.52. The fraction of sp³-hybridized carbons (Fsp3) is 0.156. The lowest BCUT2D eigenvalue weighted by Crippen LogP contribution is -2.17. The van der Waals surface area contributed by atoms with Crippen LogP contribution >= 0.6 is 0 Å². The number of fused-ring (bicyclic) bond motifs is 5. The lowest BCUT2D eigenvalue weighted by atomic mass is 9.81. The average molecular weight is 594 g/mol. The highest BCUT2D eigenvalue weighted by molar-refractivity contribution is 6.04. The van der Waals surface area contributed by atoms with Gasteiger partial charge in [0.25, 0.3) is 0 Å². The molecule has 7 aromatic carbocycles. The second-order valence-corrected chi connectivity index (χ2v) is 14.2. The molecule has 0 aliphatic heterocycles. The minimum absolute atomic E-state index is 0.0207. The number of hydrogen-bond acceptors (Lipinski definition) is 1. The normalized spacial score (nSPS) is 13.5. The Hall–Kier alpha value is -5.14. The Balaban J connectivity index is 1.47. The van der Waals surface area contributed by atoms with E-state index in [1.54, 1.807) is 0 Å². The zero-order valence-electron chi connectivity index (χ0n) is 27.3. The van der Waals surface area contributed by atoms with Crippen molar-refractivity contribution in [1.82, 2.24) is 0 Å². The number of nitrogens with zero attached hydrogens (tertiary/aromatic N) is 1. The number of anilines is 3. The van der Waals surface area contributed by atoms with Gasteiger partial charge in [-0.1, -0.05) is 150 Å². The molecule has 0 bridgehead atoms. The zero-order chi connectivity index (χ0) is 31.6. The molecule has 1 heteroatoms. The summed E-state index contributed by atoms with van der Waals surface area (Å²) in [5, 5.41) is 4.94. The molecule has 8 rings (SSSR count). The Morgan fingerprint density at radius 3 is 1.85 bits per heavy atom. The van der Waals surface area contributed by atoms with Crippen LogP contribution in [0, 0.1) is 0 Å². The number of benzene rings is 7. The Kier molecular flexibility index (Phi) is 6.44. The second kappa shape index (κ2) is 10.5. The molecule has 0 fully saturated rings. The average Bonchev–Trinajstić information content (AvgIpc) is 3.30. The van der Waals surface area contributed by atoms with Crippen molar-refractivity contribution < 1.29 is 0 Å². The van der Waals surface area contributed by atoms with Gasteiger partial charge in [0.2, 0.25) is 0 Å². The molecule has 0 atom stereocenters. The molecule has 1 aliphatic rings. The molecule has 0 radical (unpaired) electrons. The van der Waals surface area contributed by atoms with Crippen molar-refractivity contribution in [2.45, 2.75) is 45.4 Å². The second-order valence-electron chi connectivity index (χ2n) is 14.2. The van der Waals surface area contributed by atoms with Gasteiger partial charge in [0.15, 0.2) is 0 Å². The summed E-state index contributed by atoms with van der Waals surface area (Å²) < 4.78 is 0. The van der Waals surface area contributed by atoms with Gasteiger partial charge >= 0.3 is 0 Å². The maximum Gasteiger partial charge on any atom is 0.0546 e. The van der Waals surface area contributed by atoms with Gasteiger partial charge in [-0.05, 0) is 85.3 Å². The van der Waals surface area contributed by atoms with Gasteiger partial charge in [-0.3, -0.25) is 0 Å². The third-order valence-electron chi connectivity index (χ3n) is 9.96. The predicted molar refractivity (Wildman–Crippen MR) is 198 cm³/mol. The van der Waals surface area contributed by atoms with E-state index < -0.39 is 0 Å². The predicted octanol–water partition coefficient (Wildman–Crippen LogP) is 12.7. The molecule has 1 nitrogen and oxygen atoms in total. The summed E-state index contributed by atoms with van der Waals surface area (Å²) in [5.41, 5.74) is 12.7. The van der Waals surface area contributed by atoms with Crippen LogP contribution in [-0.4, -0.2) is 0 Å². The van der Waals surface area contributed by atoms with Crippen LogP contribution in [0.1, 0.15) is 51.3 Å². The summed E-state index contributed by atoms with van der Waals surface area (Å²) in [5.74, 6) is 0. The van der Waals surface area contributed by atoms with Crippen LogP contribution in [0.15, 0.2) is 146 Å². The van der Waals surface area contributed by atoms with Crippen LogP contribution in [0.3, 0.4) is 0 Å². The van der Waals surface area contributed by atoms with Gasteiger partial charge in [0, 0.05) is 22.1 Å². The summed E-state index contributed by atoms with van der Waals surface area (Å²) >= 11 is 0. The van der Waals surface area contributed by atoms with Crippen molar-refractivity contribution in [3.05, 3.63) is 162 Å². The monoisotopic (exact) mass is 593 g/mol. The molecular weight excluding hydrogens is 555 g/mol. The molecule has 0 aromatic heterocycles. The molecule has 0 N–H and O–H groups in total. The van der Waals surface area contributed by atoms with Gasteiger partial charge in [-0.15, -0.1) is 0 Å². The fourth-order valence-electron chi connectivity index (χ4n) is 7.64. The van der Waals surface area contributed by atoms with E-state index in [9.17, 15) is 0 Å². The molecule has 0 amide bonds. The molecular formula is C45H39N. The Morgan fingerprint density at radius 1 is 0.457 bits per heavy atom. The Morgan fingerprint density at radius 2 is 1.07 bits per heavy atom. The van der Waals surface area contributed by atoms with Gasteiger partial charge in [-0.25, -0.2) is 0 Å². The van der Waals surface area contributed by atoms with Gasteiger partial charge < -0.3 is 4.90 Å². The molecule has 1 aliphatic carbocycles. The van der Waals surface area contributed by atoms with E-state index in [4.69, 9.17) is 0 Å². The van der Waals surface area contributed by atoms with Gasteiger partial charge in [0.1, 0.15) is 0 Å². The van der Waals surface area contributed by atoms with Crippen LogP contribution < -0.4 is 4.90 Å².